The molecule has 1 heterocycles. The Kier molecular flexibility index (Phi) is 7.59. The van der Waals surface area contributed by atoms with Crippen LogP contribution in [0, 0.1) is 21.4 Å². The third-order valence-corrected chi connectivity index (χ3v) is 5.04. The monoisotopic (exact) mass is 407 g/mol. The number of ether oxygens (including phenoxy) is 3. The van der Waals surface area contributed by atoms with Crippen LogP contribution >= 0.6 is 0 Å². The van der Waals surface area contributed by atoms with E-state index in [-0.39, 0.29) is 31.0 Å². The van der Waals surface area contributed by atoms with Gasteiger partial charge in [-0.3, -0.25) is 19.7 Å². The average Bonchev–Trinajstić information content (AvgIpc) is 3.08. The fraction of sp³-hybridized carbons (Fsp3) is 0.619. The first-order valence-electron chi connectivity index (χ1n) is 9.89. The van der Waals surface area contributed by atoms with Gasteiger partial charge < -0.3 is 14.2 Å². The van der Waals surface area contributed by atoms with E-state index >= 15 is 0 Å². The summed E-state index contributed by atoms with van der Waals surface area (Å²) in [5.41, 5.74) is 0.163. The molecule has 0 amide bonds. The molecule has 1 aromatic rings. The molecule has 0 saturated heterocycles. The van der Waals surface area contributed by atoms with Crippen LogP contribution in [-0.4, -0.2) is 36.6 Å². The second kappa shape index (κ2) is 9.71. The normalized spacial score (nSPS) is 14.9. The van der Waals surface area contributed by atoms with Gasteiger partial charge in [0.15, 0.2) is 11.5 Å². The van der Waals surface area contributed by atoms with Crippen molar-refractivity contribution in [1.29, 1.82) is 0 Å². The highest BCUT2D eigenvalue weighted by atomic mass is 16.7. The maximum atomic E-state index is 13.2. The first kappa shape index (κ1) is 22.6. The van der Waals surface area contributed by atoms with Gasteiger partial charge in [-0.15, -0.1) is 0 Å². The van der Waals surface area contributed by atoms with Crippen molar-refractivity contribution >= 4 is 11.8 Å². The standard InChI is InChI=1S/C21H29NO7/c1-5-9-21(3,4)11-16(23)19(20(24)27-6-2)15(12-22(25)26)14-7-8-17-18(10-14)29-13-28-17/h7-8,10,15,19H,5-6,9,11-13H2,1-4H3. The van der Waals surface area contributed by atoms with Gasteiger partial charge in [0.2, 0.25) is 13.3 Å². The van der Waals surface area contributed by atoms with E-state index in [1.807, 2.05) is 20.8 Å². The number of rotatable bonds is 11. The maximum absolute atomic E-state index is 13.2. The molecule has 8 heteroatoms. The molecule has 2 atom stereocenters. The highest BCUT2D eigenvalue weighted by Gasteiger charge is 2.41. The van der Waals surface area contributed by atoms with E-state index < -0.39 is 29.3 Å². The first-order valence-corrected chi connectivity index (χ1v) is 9.89. The average molecular weight is 407 g/mol. The summed E-state index contributed by atoms with van der Waals surface area (Å²) in [5, 5.41) is 11.4. The van der Waals surface area contributed by atoms with Crippen molar-refractivity contribution in [2.24, 2.45) is 11.3 Å². The van der Waals surface area contributed by atoms with Crippen molar-refractivity contribution in [1.82, 2.24) is 0 Å². The van der Waals surface area contributed by atoms with Crippen LogP contribution in [0.4, 0.5) is 0 Å². The second-order valence-corrected chi connectivity index (χ2v) is 8.02. The van der Waals surface area contributed by atoms with Crippen molar-refractivity contribution in [2.45, 2.75) is 52.9 Å². The minimum absolute atomic E-state index is 0.0597. The molecule has 0 N–H and O–H groups in total. The van der Waals surface area contributed by atoms with Gasteiger partial charge in [0.05, 0.1) is 12.5 Å². The highest BCUT2D eigenvalue weighted by Crippen LogP contribution is 2.38. The summed E-state index contributed by atoms with van der Waals surface area (Å²) in [6.07, 6.45) is 1.84. The number of nitro groups is 1. The number of benzene rings is 1. The SMILES string of the molecule is CCCC(C)(C)CC(=O)C(C(=O)OCC)C(C[N+](=O)[O-])c1ccc2c(c1)OCO2. The summed E-state index contributed by atoms with van der Waals surface area (Å²) in [4.78, 5) is 36.8. The first-order chi connectivity index (χ1) is 13.7. The molecule has 0 saturated carbocycles. The van der Waals surface area contributed by atoms with Crippen molar-refractivity contribution in [3.8, 4) is 11.5 Å². The summed E-state index contributed by atoms with van der Waals surface area (Å²) in [7, 11) is 0. The molecule has 8 nitrogen and oxygen atoms in total. The molecule has 160 valence electrons. The summed E-state index contributed by atoms with van der Waals surface area (Å²) in [5.74, 6) is -2.31. The van der Waals surface area contributed by atoms with Crippen molar-refractivity contribution < 1.29 is 28.7 Å². The summed E-state index contributed by atoms with van der Waals surface area (Å²) >= 11 is 0. The zero-order valence-corrected chi connectivity index (χ0v) is 17.4. The van der Waals surface area contributed by atoms with Gasteiger partial charge in [0, 0.05) is 11.3 Å². The fourth-order valence-electron chi connectivity index (χ4n) is 3.81. The molecule has 2 rings (SSSR count). The number of fused-ring (bicyclic) bond motifs is 1. The molecular weight excluding hydrogens is 378 g/mol. The smallest absolute Gasteiger partial charge is 0.317 e. The van der Waals surface area contributed by atoms with Gasteiger partial charge in [-0.2, -0.15) is 0 Å². The lowest BCUT2D eigenvalue weighted by atomic mass is 9.75. The van der Waals surface area contributed by atoms with Crippen LogP contribution in [0.25, 0.3) is 0 Å². The molecule has 0 spiro atoms. The van der Waals surface area contributed by atoms with E-state index in [0.29, 0.717) is 17.1 Å². The topological polar surface area (TPSA) is 105 Å². The predicted octanol–water partition coefficient (Wildman–Crippen LogP) is 3.74. The van der Waals surface area contributed by atoms with Crippen LogP contribution in [0.5, 0.6) is 11.5 Å². The molecular formula is C21H29NO7. The number of carbonyl (C=O) groups excluding carboxylic acids is 2. The molecule has 1 aliphatic rings. The second-order valence-electron chi connectivity index (χ2n) is 8.02. The molecule has 2 unspecified atom stereocenters. The molecule has 0 radical (unpaired) electrons. The molecule has 29 heavy (non-hydrogen) atoms. The molecule has 0 aromatic heterocycles. The number of esters is 1. The number of carbonyl (C=O) groups is 2. The number of ketones is 1. The third-order valence-electron chi connectivity index (χ3n) is 5.04. The van der Waals surface area contributed by atoms with E-state index in [1.165, 1.54) is 0 Å². The van der Waals surface area contributed by atoms with Crippen LogP contribution < -0.4 is 9.47 Å². The fourth-order valence-corrected chi connectivity index (χ4v) is 3.81. The minimum Gasteiger partial charge on any atom is -0.465 e. The van der Waals surface area contributed by atoms with Gasteiger partial charge in [-0.1, -0.05) is 33.3 Å². The largest absolute Gasteiger partial charge is 0.465 e. The number of hydrogen-bond donors (Lipinski definition) is 0. The zero-order valence-electron chi connectivity index (χ0n) is 17.4. The van der Waals surface area contributed by atoms with E-state index in [4.69, 9.17) is 14.2 Å². The van der Waals surface area contributed by atoms with Crippen LogP contribution in [0.1, 0.15) is 58.4 Å². The Hall–Kier alpha value is -2.64. The molecule has 1 aromatic carbocycles. The van der Waals surface area contributed by atoms with E-state index in [9.17, 15) is 19.7 Å². The number of hydrogen-bond acceptors (Lipinski definition) is 7. The Morgan fingerprint density at radius 2 is 1.93 bits per heavy atom. The number of nitrogens with zero attached hydrogens (tertiary/aromatic N) is 1. The van der Waals surface area contributed by atoms with Crippen LogP contribution in [0.2, 0.25) is 0 Å². The molecule has 0 aliphatic carbocycles. The Balaban J connectivity index is 2.42. The van der Waals surface area contributed by atoms with E-state index in [1.54, 1.807) is 25.1 Å². The van der Waals surface area contributed by atoms with Gasteiger partial charge in [-0.05, 0) is 36.5 Å². The molecule has 0 bridgehead atoms. The zero-order chi connectivity index (χ0) is 21.6. The summed E-state index contributed by atoms with van der Waals surface area (Å²) in [6.45, 7) is 7.17. The summed E-state index contributed by atoms with van der Waals surface area (Å²) in [6, 6.07) is 4.88. The Labute approximate surface area is 170 Å². The van der Waals surface area contributed by atoms with Crippen molar-refractivity contribution in [3.63, 3.8) is 0 Å². The number of Topliss-reactive ketones (excluding diaryl/α,β-unsaturated/α-hetero) is 1. The van der Waals surface area contributed by atoms with Crippen LogP contribution in [0.3, 0.4) is 0 Å². The van der Waals surface area contributed by atoms with Crippen molar-refractivity contribution in [2.75, 3.05) is 19.9 Å². The van der Waals surface area contributed by atoms with Crippen molar-refractivity contribution in [3.05, 3.63) is 33.9 Å². The van der Waals surface area contributed by atoms with Gasteiger partial charge in [0.1, 0.15) is 11.7 Å². The highest BCUT2D eigenvalue weighted by molar-refractivity contribution is 6.00. The lowest BCUT2D eigenvalue weighted by Crippen LogP contribution is -2.37. The van der Waals surface area contributed by atoms with Gasteiger partial charge in [-0.25, -0.2) is 0 Å². The Morgan fingerprint density at radius 1 is 1.24 bits per heavy atom. The third kappa shape index (κ3) is 5.92. The lowest BCUT2D eigenvalue weighted by Gasteiger charge is -2.28. The minimum atomic E-state index is -1.25. The molecule has 1 aliphatic heterocycles. The van der Waals surface area contributed by atoms with Gasteiger partial charge in [0.25, 0.3) is 0 Å². The Morgan fingerprint density at radius 3 is 2.55 bits per heavy atom. The van der Waals surface area contributed by atoms with E-state index in [0.717, 1.165) is 12.8 Å². The van der Waals surface area contributed by atoms with E-state index in [2.05, 4.69) is 0 Å². The quantitative estimate of drug-likeness (QED) is 0.238. The summed E-state index contributed by atoms with van der Waals surface area (Å²) < 4.78 is 15.8. The lowest BCUT2D eigenvalue weighted by molar-refractivity contribution is -0.484. The van der Waals surface area contributed by atoms with Gasteiger partial charge >= 0.3 is 5.97 Å². The maximum Gasteiger partial charge on any atom is 0.317 e. The predicted molar refractivity (Wildman–Crippen MR) is 106 cm³/mol. The van der Waals surface area contributed by atoms with Crippen LogP contribution in [-0.2, 0) is 14.3 Å². The molecule has 0 fully saturated rings. The van der Waals surface area contributed by atoms with Crippen LogP contribution in [0.15, 0.2) is 18.2 Å². The Bertz CT molecular complexity index is 759.